The third-order valence-electron chi connectivity index (χ3n) is 1.50. The molecule has 0 aliphatic carbocycles. The molecule has 0 saturated carbocycles. The number of alkyl halides is 2. The Morgan fingerprint density at radius 2 is 2.00 bits per heavy atom. The van der Waals surface area contributed by atoms with Gasteiger partial charge in [0.2, 0.25) is 0 Å². The van der Waals surface area contributed by atoms with Crippen LogP contribution in [0.15, 0.2) is 22.7 Å². The second kappa shape index (κ2) is 3.01. The average Bonchev–Trinajstić information content (AvgIpc) is 1.92. The second-order valence-corrected chi connectivity index (χ2v) is 3.48. The molecule has 2 N–H and O–H groups in total. The number of rotatable bonds is 1. The zero-order valence-electron chi connectivity index (χ0n) is 6.44. The predicted molar refractivity (Wildman–Crippen MR) is 48.1 cm³/mol. The van der Waals surface area contributed by atoms with Crippen molar-refractivity contribution in [3.8, 4) is 0 Å². The molecule has 0 unspecified atom stereocenters. The molecule has 0 fully saturated rings. The average molecular weight is 236 g/mol. The van der Waals surface area contributed by atoms with E-state index in [1.54, 1.807) is 0 Å². The zero-order chi connectivity index (χ0) is 9.35. The van der Waals surface area contributed by atoms with Gasteiger partial charge in [0, 0.05) is 22.6 Å². The van der Waals surface area contributed by atoms with Gasteiger partial charge in [-0.2, -0.15) is 0 Å². The van der Waals surface area contributed by atoms with E-state index in [2.05, 4.69) is 15.9 Å². The highest BCUT2D eigenvalue weighted by Crippen LogP contribution is 2.30. The first-order valence-corrected chi connectivity index (χ1v) is 4.14. The standard InChI is InChI=1S/C8H8BrF2N/c1-8(10,11)5-2-3-6(9)7(12)4-5/h2-4H,12H2,1H3. The van der Waals surface area contributed by atoms with Crippen molar-refractivity contribution in [2.24, 2.45) is 0 Å². The number of hydrogen-bond donors (Lipinski definition) is 1. The quantitative estimate of drug-likeness (QED) is 0.744. The first-order chi connectivity index (χ1) is 5.41. The Morgan fingerprint density at radius 1 is 1.42 bits per heavy atom. The van der Waals surface area contributed by atoms with Gasteiger partial charge in [0.05, 0.1) is 0 Å². The Morgan fingerprint density at radius 3 is 2.42 bits per heavy atom. The molecule has 1 aromatic carbocycles. The van der Waals surface area contributed by atoms with Gasteiger partial charge in [-0.3, -0.25) is 0 Å². The molecule has 0 amide bonds. The van der Waals surface area contributed by atoms with Crippen molar-refractivity contribution in [3.05, 3.63) is 28.2 Å². The summed E-state index contributed by atoms with van der Waals surface area (Å²) >= 11 is 3.13. The summed E-state index contributed by atoms with van der Waals surface area (Å²) in [7, 11) is 0. The Kier molecular flexibility index (Phi) is 2.37. The van der Waals surface area contributed by atoms with Gasteiger partial charge < -0.3 is 5.73 Å². The molecule has 0 spiro atoms. The van der Waals surface area contributed by atoms with E-state index in [1.165, 1.54) is 18.2 Å². The molecule has 1 aromatic rings. The number of nitrogens with two attached hydrogens (primary N) is 1. The van der Waals surface area contributed by atoms with E-state index in [-0.39, 0.29) is 5.56 Å². The number of benzene rings is 1. The molecule has 0 radical (unpaired) electrons. The van der Waals surface area contributed by atoms with Crippen LogP contribution < -0.4 is 5.73 Å². The van der Waals surface area contributed by atoms with Crippen LogP contribution in [0.1, 0.15) is 12.5 Å². The third-order valence-corrected chi connectivity index (χ3v) is 2.23. The molecule has 0 aliphatic rings. The Labute approximate surface area is 77.7 Å². The molecule has 0 atom stereocenters. The van der Waals surface area contributed by atoms with Gasteiger partial charge in [-0.05, 0) is 28.1 Å². The van der Waals surface area contributed by atoms with Gasteiger partial charge in [-0.25, -0.2) is 8.78 Å². The van der Waals surface area contributed by atoms with Gasteiger partial charge in [0.25, 0.3) is 5.92 Å². The zero-order valence-corrected chi connectivity index (χ0v) is 8.03. The van der Waals surface area contributed by atoms with Crippen LogP contribution in [0, 0.1) is 0 Å². The van der Waals surface area contributed by atoms with Crippen molar-refractivity contribution < 1.29 is 8.78 Å². The maximum absolute atomic E-state index is 12.7. The second-order valence-electron chi connectivity index (χ2n) is 2.62. The van der Waals surface area contributed by atoms with E-state index < -0.39 is 5.92 Å². The molecule has 0 saturated heterocycles. The van der Waals surface area contributed by atoms with Crippen molar-refractivity contribution in [1.82, 2.24) is 0 Å². The fourth-order valence-electron chi connectivity index (χ4n) is 0.817. The molecule has 4 heteroatoms. The molecule has 1 nitrogen and oxygen atoms in total. The van der Waals surface area contributed by atoms with Gasteiger partial charge in [-0.15, -0.1) is 0 Å². The highest BCUT2D eigenvalue weighted by Gasteiger charge is 2.24. The van der Waals surface area contributed by atoms with E-state index in [4.69, 9.17) is 5.73 Å². The fraction of sp³-hybridized carbons (Fsp3) is 0.250. The van der Waals surface area contributed by atoms with E-state index >= 15 is 0 Å². The maximum atomic E-state index is 12.7. The van der Waals surface area contributed by atoms with Gasteiger partial charge in [0.15, 0.2) is 0 Å². The molecule has 1 rings (SSSR count). The summed E-state index contributed by atoms with van der Waals surface area (Å²) in [5.41, 5.74) is 5.70. The van der Waals surface area contributed by atoms with Crippen molar-refractivity contribution in [2.75, 3.05) is 5.73 Å². The number of hydrogen-bond acceptors (Lipinski definition) is 1. The largest absolute Gasteiger partial charge is 0.398 e. The summed E-state index contributed by atoms with van der Waals surface area (Å²) in [5.74, 6) is -2.82. The normalized spacial score (nSPS) is 11.7. The topological polar surface area (TPSA) is 26.0 Å². The smallest absolute Gasteiger partial charge is 0.270 e. The maximum Gasteiger partial charge on any atom is 0.270 e. The summed E-state index contributed by atoms with van der Waals surface area (Å²) in [4.78, 5) is 0. The van der Waals surface area contributed by atoms with Crippen LogP contribution in [0.2, 0.25) is 0 Å². The Bertz CT molecular complexity index is 294. The highest BCUT2D eigenvalue weighted by atomic mass is 79.9. The molecule has 12 heavy (non-hydrogen) atoms. The van der Waals surface area contributed by atoms with E-state index in [0.29, 0.717) is 10.2 Å². The van der Waals surface area contributed by atoms with Crippen molar-refractivity contribution in [3.63, 3.8) is 0 Å². The minimum absolute atomic E-state index is 0.0665. The van der Waals surface area contributed by atoms with Crippen LogP contribution in [0.3, 0.4) is 0 Å². The summed E-state index contributed by atoms with van der Waals surface area (Å²) in [6.07, 6.45) is 0. The Hall–Kier alpha value is -0.640. The minimum atomic E-state index is -2.82. The first kappa shape index (κ1) is 9.45. The fourth-order valence-corrected chi connectivity index (χ4v) is 1.06. The van der Waals surface area contributed by atoms with Crippen molar-refractivity contribution in [1.29, 1.82) is 0 Å². The highest BCUT2D eigenvalue weighted by molar-refractivity contribution is 9.10. The molecule has 0 aromatic heterocycles. The van der Waals surface area contributed by atoms with E-state index in [9.17, 15) is 8.78 Å². The SMILES string of the molecule is CC(F)(F)c1ccc(Br)c(N)c1. The van der Waals surface area contributed by atoms with Crippen LogP contribution in [-0.4, -0.2) is 0 Å². The van der Waals surface area contributed by atoms with Crippen molar-refractivity contribution >= 4 is 21.6 Å². The summed E-state index contributed by atoms with van der Waals surface area (Å²) < 4.78 is 26.0. The van der Waals surface area contributed by atoms with Crippen LogP contribution in [-0.2, 0) is 5.92 Å². The van der Waals surface area contributed by atoms with Crippen LogP contribution >= 0.6 is 15.9 Å². The lowest BCUT2D eigenvalue weighted by atomic mass is 10.1. The molecule has 0 heterocycles. The number of nitrogen functional groups attached to an aromatic ring is 1. The predicted octanol–water partition coefficient (Wildman–Crippen LogP) is 3.14. The summed E-state index contributed by atoms with van der Waals surface area (Å²) in [5, 5.41) is 0. The molecule has 0 aliphatic heterocycles. The molecule has 66 valence electrons. The molecule has 0 bridgehead atoms. The van der Waals surface area contributed by atoms with Crippen molar-refractivity contribution in [2.45, 2.75) is 12.8 Å². The molecular weight excluding hydrogens is 228 g/mol. The first-order valence-electron chi connectivity index (χ1n) is 3.34. The number of anilines is 1. The van der Waals surface area contributed by atoms with Gasteiger partial charge in [-0.1, -0.05) is 6.07 Å². The van der Waals surface area contributed by atoms with E-state index in [0.717, 1.165) is 6.92 Å². The third kappa shape index (κ3) is 1.94. The monoisotopic (exact) mass is 235 g/mol. The lowest BCUT2D eigenvalue weighted by Gasteiger charge is -2.11. The van der Waals surface area contributed by atoms with E-state index in [1.807, 2.05) is 0 Å². The lowest BCUT2D eigenvalue weighted by molar-refractivity contribution is 0.0175. The van der Waals surface area contributed by atoms with Gasteiger partial charge >= 0.3 is 0 Å². The van der Waals surface area contributed by atoms with Crippen LogP contribution in [0.5, 0.6) is 0 Å². The molecular formula is C8H8BrF2N. The van der Waals surface area contributed by atoms with Crippen LogP contribution in [0.4, 0.5) is 14.5 Å². The summed E-state index contributed by atoms with van der Waals surface area (Å²) in [6.45, 7) is 0.843. The summed E-state index contributed by atoms with van der Waals surface area (Å²) in [6, 6.07) is 4.13. The lowest BCUT2D eigenvalue weighted by Crippen LogP contribution is -2.07. The minimum Gasteiger partial charge on any atom is -0.398 e. The number of halogens is 3. The van der Waals surface area contributed by atoms with Gasteiger partial charge in [0.1, 0.15) is 0 Å². The van der Waals surface area contributed by atoms with Crippen LogP contribution in [0.25, 0.3) is 0 Å². The Balaban J connectivity index is 3.14.